The zero-order chi connectivity index (χ0) is 21.9. The number of hydrogen-bond acceptors (Lipinski definition) is 3. The van der Waals surface area contributed by atoms with Gasteiger partial charge in [0.05, 0.1) is 18.0 Å². The molecule has 0 saturated carbocycles. The van der Waals surface area contributed by atoms with E-state index in [0.717, 1.165) is 30.2 Å². The summed E-state index contributed by atoms with van der Waals surface area (Å²) >= 11 is 0. The standard InChI is InChI=1S/C24H32N2O3S/c1-5-23(26(30(4,28)29)22-14-10-17(2)11-15-22)24(27)25-18(3)20-13-12-19-8-6-7-9-21(19)16-20/h10-16,18,23H,5-9H2,1-4H3,(H,25,27)/t18-,23+/m0/s1. The summed E-state index contributed by atoms with van der Waals surface area (Å²) in [7, 11) is -3.63. The molecule has 0 fully saturated rings. The Morgan fingerprint density at radius 2 is 1.70 bits per heavy atom. The molecule has 0 radical (unpaired) electrons. The smallest absolute Gasteiger partial charge is 0.244 e. The molecule has 1 amide bonds. The highest BCUT2D eigenvalue weighted by atomic mass is 32.2. The summed E-state index contributed by atoms with van der Waals surface area (Å²) in [6, 6.07) is 12.6. The number of carbonyl (C=O) groups is 1. The number of amides is 1. The summed E-state index contributed by atoms with van der Waals surface area (Å²) in [5.41, 5.74) is 5.36. The molecule has 0 unspecified atom stereocenters. The molecule has 30 heavy (non-hydrogen) atoms. The lowest BCUT2D eigenvalue weighted by molar-refractivity contribution is -0.122. The molecular formula is C24H32N2O3S. The molecule has 0 aromatic heterocycles. The Kier molecular flexibility index (Phi) is 6.86. The number of nitrogens with zero attached hydrogens (tertiary/aromatic N) is 1. The maximum absolute atomic E-state index is 13.2. The normalized spacial score (nSPS) is 15.7. The number of sulfonamides is 1. The summed E-state index contributed by atoms with van der Waals surface area (Å²) in [6.45, 7) is 5.73. The van der Waals surface area contributed by atoms with Crippen molar-refractivity contribution in [3.05, 3.63) is 64.7 Å². The van der Waals surface area contributed by atoms with Crippen LogP contribution in [-0.4, -0.2) is 26.6 Å². The molecule has 1 aliphatic rings. The number of aryl methyl sites for hydroxylation is 3. The van der Waals surface area contributed by atoms with Gasteiger partial charge in [-0.2, -0.15) is 0 Å². The predicted molar refractivity (Wildman–Crippen MR) is 122 cm³/mol. The Bertz CT molecular complexity index is 1000. The van der Waals surface area contributed by atoms with Gasteiger partial charge in [-0.05, 0) is 74.8 Å². The quantitative estimate of drug-likeness (QED) is 0.715. The molecule has 0 aliphatic heterocycles. The third kappa shape index (κ3) is 5.04. The average Bonchev–Trinajstić information content (AvgIpc) is 2.71. The monoisotopic (exact) mass is 428 g/mol. The lowest BCUT2D eigenvalue weighted by atomic mass is 9.89. The second kappa shape index (κ2) is 9.21. The van der Waals surface area contributed by atoms with Gasteiger partial charge in [0, 0.05) is 0 Å². The first-order valence-corrected chi connectivity index (χ1v) is 12.5. The molecule has 2 atom stereocenters. The molecule has 6 heteroatoms. The highest BCUT2D eigenvalue weighted by Crippen LogP contribution is 2.26. The molecule has 0 saturated heterocycles. The molecule has 162 valence electrons. The van der Waals surface area contributed by atoms with Gasteiger partial charge in [0.25, 0.3) is 0 Å². The maximum atomic E-state index is 13.2. The van der Waals surface area contributed by atoms with Crippen molar-refractivity contribution in [1.29, 1.82) is 0 Å². The Hall–Kier alpha value is -2.34. The second-order valence-electron chi connectivity index (χ2n) is 8.28. The van der Waals surface area contributed by atoms with Crippen molar-refractivity contribution in [3.8, 4) is 0 Å². The number of benzene rings is 2. The van der Waals surface area contributed by atoms with E-state index >= 15 is 0 Å². The van der Waals surface area contributed by atoms with Crippen LogP contribution in [0.25, 0.3) is 0 Å². The lowest BCUT2D eigenvalue weighted by Gasteiger charge is -2.31. The van der Waals surface area contributed by atoms with Gasteiger partial charge < -0.3 is 5.32 Å². The van der Waals surface area contributed by atoms with Crippen molar-refractivity contribution < 1.29 is 13.2 Å². The molecule has 1 aliphatic carbocycles. The van der Waals surface area contributed by atoms with E-state index in [1.54, 1.807) is 12.1 Å². The van der Waals surface area contributed by atoms with Crippen molar-refractivity contribution in [1.82, 2.24) is 5.32 Å². The Labute approximate surface area is 180 Å². The first-order chi connectivity index (χ1) is 14.2. The first kappa shape index (κ1) is 22.3. The molecule has 0 bridgehead atoms. The number of nitrogens with one attached hydrogen (secondary N) is 1. The topological polar surface area (TPSA) is 66.5 Å². The van der Waals surface area contributed by atoms with E-state index in [2.05, 4.69) is 23.5 Å². The van der Waals surface area contributed by atoms with Crippen LogP contribution < -0.4 is 9.62 Å². The highest BCUT2D eigenvalue weighted by molar-refractivity contribution is 7.92. The van der Waals surface area contributed by atoms with Gasteiger partial charge in [0.2, 0.25) is 15.9 Å². The first-order valence-electron chi connectivity index (χ1n) is 10.7. The van der Waals surface area contributed by atoms with E-state index in [0.29, 0.717) is 12.1 Å². The van der Waals surface area contributed by atoms with Crippen molar-refractivity contribution >= 4 is 21.6 Å². The van der Waals surface area contributed by atoms with E-state index in [1.165, 1.54) is 28.3 Å². The minimum atomic E-state index is -3.63. The summed E-state index contributed by atoms with van der Waals surface area (Å²) < 4.78 is 26.4. The van der Waals surface area contributed by atoms with Crippen LogP contribution in [0.2, 0.25) is 0 Å². The van der Waals surface area contributed by atoms with E-state index in [4.69, 9.17) is 0 Å². The number of carbonyl (C=O) groups excluding carboxylic acids is 1. The highest BCUT2D eigenvalue weighted by Gasteiger charge is 2.32. The van der Waals surface area contributed by atoms with E-state index in [9.17, 15) is 13.2 Å². The zero-order valence-corrected chi connectivity index (χ0v) is 19.1. The Morgan fingerprint density at radius 3 is 2.30 bits per heavy atom. The van der Waals surface area contributed by atoms with Gasteiger partial charge >= 0.3 is 0 Å². The average molecular weight is 429 g/mol. The fourth-order valence-corrected chi connectivity index (χ4v) is 5.38. The molecule has 1 N–H and O–H groups in total. The van der Waals surface area contributed by atoms with Gasteiger partial charge in [-0.3, -0.25) is 9.10 Å². The molecule has 2 aromatic carbocycles. The summed E-state index contributed by atoms with van der Waals surface area (Å²) in [4.78, 5) is 13.2. The van der Waals surface area contributed by atoms with Crippen LogP contribution in [0, 0.1) is 6.92 Å². The third-order valence-corrected chi connectivity index (χ3v) is 7.03. The number of hydrogen-bond donors (Lipinski definition) is 1. The van der Waals surface area contributed by atoms with Crippen LogP contribution in [-0.2, 0) is 27.7 Å². The van der Waals surface area contributed by atoms with Crippen molar-refractivity contribution in [2.45, 2.75) is 65.0 Å². The minimum absolute atomic E-state index is 0.196. The summed E-state index contributed by atoms with van der Waals surface area (Å²) in [6.07, 6.45) is 6.16. The van der Waals surface area contributed by atoms with Gasteiger partial charge in [0.15, 0.2) is 0 Å². The summed E-state index contributed by atoms with van der Waals surface area (Å²) in [5, 5.41) is 3.04. The van der Waals surface area contributed by atoms with Crippen LogP contribution >= 0.6 is 0 Å². The maximum Gasteiger partial charge on any atom is 0.244 e. The van der Waals surface area contributed by atoms with Crippen LogP contribution in [0.3, 0.4) is 0 Å². The molecule has 3 rings (SSSR count). The SMILES string of the molecule is CC[C@H](C(=O)N[C@@H](C)c1ccc2c(c1)CCCC2)N(c1ccc(C)cc1)S(C)(=O)=O. The molecular weight excluding hydrogens is 396 g/mol. The molecule has 5 nitrogen and oxygen atoms in total. The Morgan fingerprint density at radius 1 is 1.07 bits per heavy atom. The van der Waals surface area contributed by atoms with Gasteiger partial charge in [-0.15, -0.1) is 0 Å². The fourth-order valence-electron chi connectivity index (χ4n) is 4.17. The molecule has 2 aromatic rings. The minimum Gasteiger partial charge on any atom is -0.348 e. The summed E-state index contributed by atoms with van der Waals surface area (Å²) in [5.74, 6) is -0.284. The Balaban J connectivity index is 1.82. The van der Waals surface area contributed by atoms with Crippen LogP contribution in [0.5, 0.6) is 0 Å². The van der Waals surface area contributed by atoms with Crippen LogP contribution in [0.1, 0.15) is 61.4 Å². The zero-order valence-electron chi connectivity index (χ0n) is 18.3. The predicted octanol–water partition coefficient (Wildman–Crippen LogP) is 4.30. The molecule has 0 spiro atoms. The largest absolute Gasteiger partial charge is 0.348 e. The van der Waals surface area contributed by atoms with E-state index < -0.39 is 16.1 Å². The number of rotatable bonds is 7. The van der Waals surface area contributed by atoms with Crippen molar-refractivity contribution in [2.75, 3.05) is 10.6 Å². The van der Waals surface area contributed by atoms with Crippen LogP contribution in [0.4, 0.5) is 5.69 Å². The van der Waals surface area contributed by atoms with E-state index in [1.807, 2.05) is 32.9 Å². The lowest BCUT2D eigenvalue weighted by Crippen LogP contribution is -2.49. The third-order valence-electron chi connectivity index (χ3n) is 5.85. The van der Waals surface area contributed by atoms with E-state index in [-0.39, 0.29) is 11.9 Å². The van der Waals surface area contributed by atoms with Crippen molar-refractivity contribution in [3.63, 3.8) is 0 Å². The van der Waals surface area contributed by atoms with Crippen molar-refractivity contribution in [2.24, 2.45) is 0 Å². The number of fused-ring (bicyclic) bond motifs is 1. The van der Waals surface area contributed by atoms with Gasteiger partial charge in [-0.1, -0.05) is 42.8 Å². The number of anilines is 1. The fraction of sp³-hybridized carbons (Fsp3) is 0.458. The van der Waals surface area contributed by atoms with Gasteiger partial charge in [-0.25, -0.2) is 8.42 Å². The second-order valence-corrected chi connectivity index (χ2v) is 10.1. The van der Waals surface area contributed by atoms with Gasteiger partial charge in [0.1, 0.15) is 6.04 Å². The van der Waals surface area contributed by atoms with Crippen LogP contribution in [0.15, 0.2) is 42.5 Å². The molecule has 0 heterocycles.